The number of hydrogen-bond donors (Lipinski definition) is 1. The molecule has 0 spiro atoms. The fourth-order valence-corrected chi connectivity index (χ4v) is 2.01. The van der Waals surface area contributed by atoms with Gasteiger partial charge in [-0.2, -0.15) is 0 Å². The number of rotatable bonds is 5. The van der Waals surface area contributed by atoms with E-state index in [1.54, 1.807) is 25.3 Å². The lowest BCUT2D eigenvalue weighted by Gasteiger charge is -2.11. The Kier molecular flexibility index (Phi) is 4.82. The first-order valence-corrected chi connectivity index (χ1v) is 6.83. The zero-order valence-electron chi connectivity index (χ0n) is 12.5. The molecule has 1 N–H and O–H groups in total. The maximum absolute atomic E-state index is 12.3. The molecule has 2 aromatic rings. The van der Waals surface area contributed by atoms with Gasteiger partial charge in [0.05, 0.1) is 13.7 Å². The van der Waals surface area contributed by atoms with Crippen LogP contribution in [0, 0.1) is 6.92 Å². The Balaban J connectivity index is 2.19. The highest BCUT2D eigenvalue weighted by atomic mass is 16.5. The van der Waals surface area contributed by atoms with Gasteiger partial charge >= 0.3 is 0 Å². The van der Waals surface area contributed by atoms with Gasteiger partial charge in [0, 0.05) is 11.3 Å². The quantitative estimate of drug-likeness (QED) is 0.912. The summed E-state index contributed by atoms with van der Waals surface area (Å²) in [6.45, 7) is 4.43. The van der Waals surface area contributed by atoms with E-state index in [2.05, 4.69) is 5.32 Å². The van der Waals surface area contributed by atoms with E-state index in [1.807, 2.05) is 38.1 Å². The van der Waals surface area contributed by atoms with E-state index in [0.29, 0.717) is 23.7 Å². The van der Waals surface area contributed by atoms with Crippen molar-refractivity contribution in [2.24, 2.45) is 0 Å². The molecule has 0 bridgehead atoms. The molecule has 2 rings (SSSR count). The predicted molar refractivity (Wildman–Crippen MR) is 83.3 cm³/mol. The average Bonchev–Trinajstić information content (AvgIpc) is 2.48. The molecule has 21 heavy (non-hydrogen) atoms. The first-order valence-electron chi connectivity index (χ1n) is 6.83. The van der Waals surface area contributed by atoms with Gasteiger partial charge in [-0.25, -0.2) is 0 Å². The van der Waals surface area contributed by atoms with Crippen molar-refractivity contribution in [3.05, 3.63) is 53.6 Å². The van der Waals surface area contributed by atoms with Gasteiger partial charge in [-0.3, -0.25) is 4.79 Å². The van der Waals surface area contributed by atoms with Crippen LogP contribution in [-0.2, 0) is 0 Å². The molecule has 110 valence electrons. The number of ether oxygens (including phenoxy) is 2. The lowest BCUT2D eigenvalue weighted by molar-refractivity contribution is 0.102. The summed E-state index contributed by atoms with van der Waals surface area (Å²) < 4.78 is 10.7. The average molecular weight is 285 g/mol. The molecule has 0 aliphatic carbocycles. The number of methoxy groups -OCH3 is 1. The summed E-state index contributed by atoms with van der Waals surface area (Å²) in [7, 11) is 1.56. The summed E-state index contributed by atoms with van der Waals surface area (Å²) in [5.41, 5.74) is 2.39. The lowest BCUT2D eigenvalue weighted by atomic mass is 10.1. The molecule has 0 aliphatic heterocycles. The standard InChI is InChI=1S/C17H19NO3/c1-4-21-15-9-8-13(11-16(15)20-3)17(19)18-14-7-5-6-12(2)10-14/h5-11H,4H2,1-3H3,(H,18,19). The number of carbonyl (C=O) groups is 1. The molecule has 0 unspecified atom stereocenters. The van der Waals surface area contributed by atoms with E-state index >= 15 is 0 Å². The summed E-state index contributed by atoms with van der Waals surface area (Å²) in [5.74, 6) is 1.00. The van der Waals surface area contributed by atoms with Crippen LogP contribution in [0.4, 0.5) is 5.69 Å². The molecule has 0 atom stereocenters. The molecule has 2 aromatic carbocycles. The first kappa shape index (κ1) is 14.9. The summed E-state index contributed by atoms with van der Waals surface area (Å²) in [5, 5.41) is 2.87. The number of aryl methyl sites for hydroxylation is 1. The molecular weight excluding hydrogens is 266 g/mol. The second-order valence-electron chi connectivity index (χ2n) is 4.62. The molecule has 4 heteroatoms. The number of hydrogen-bond acceptors (Lipinski definition) is 3. The number of anilines is 1. The normalized spacial score (nSPS) is 10.0. The molecule has 0 saturated carbocycles. The minimum Gasteiger partial charge on any atom is -0.493 e. The molecule has 1 amide bonds. The maximum atomic E-state index is 12.3. The Morgan fingerprint density at radius 3 is 2.62 bits per heavy atom. The van der Waals surface area contributed by atoms with Crippen LogP contribution in [0.25, 0.3) is 0 Å². The van der Waals surface area contributed by atoms with E-state index in [9.17, 15) is 4.79 Å². The Hall–Kier alpha value is -2.49. The first-order chi connectivity index (χ1) is 10.1. The molecular formula is C17H19NO3. The van der Waals surface area contributed by atoms with Gasteiger partial charge in [0.15, 0.2) is 11.5 Å². The van der Waals surface area contributed by atoms with Crippen molar-refractivity contribution >= 4 is 11.6 Å². The third-order valence-electron chi connectivity index (χ3n) is 3.00. The molecule has 0 fully saturated rings. The molecule has 4 nitrogen and oxygen atoms in total. The van der Waals surface area contributed by atoms with E-state index in [1.165, 1.54) is 0 Å². The minimum atomic E-state index is -0.179. The van der Waals surface area contributed by atoms with Crippen molar-refractivity contribution < 1.29 is 14.3 Å². The molecule has 0 saturated heterocycles. The van der Waals surface area contributed by atoms with Gasteiger partial charge < -0.3 is 14.8 Å². The summed E-state index contributed by atoms with van der Waals surface area (Å²) in [4.78, 5) is 12.3. The van der Waals surface area contributed by atoms with E-state index in [-0.39, 0.29) is 5.91 Å². The Labute approximate surface area is 124 Å². The van der Waals surface area contributed by atoms with Crippen LogP contribution in [-0.4, -0.2) is 19.6 Å². The number of nitrogens with one attached hydrogen (secondary N) is 1. The van der Waals surface area contributed by atoms with Crippen molar-refractivity contribution in [3.8, 4) is 11.5 Å². The summed E-state index contributed by atoms with van der Waals surface area (Å²) >= 11 is 0. The highest BCUT2D eigenvalue weighted by molar-refractivity contribution is 6.04. The van der Waals surface area contributed by atoms with Crippen molar-refractivity contribution in [1.82, 2.24) is 0 Å². The summed E-state index contributed by atoms with van der Waals surface area (Å²) in [6, 6.07) is 12.8. The zero-order valence-corrected chi connectivity index (χ0v) is 12.5. The highest BCUT2D eigenvalue weighted by Gasteiger charge is 2.11. The predicted octanol–water partition coefficient (Wildman–Crippen LogP) is 3.65. The van der Waals surface area contributed by atoms with E-state index in [4.69, 9.17) is 9.47 Å². The van der Waals surface area contributed by atoms with Crippen LogP contribution >= 0.6 is 0 Å². The van der Waals surface area contributed by atoms with Gasteiger partial charge in [-0.15, -0.1) is 0 Å². The Morgan fingerprint density at radius 1 is 1.14 bits per heavy atom. The Bertz CT molecular complexity index is 638. The number of benzene rings is 2. The van der Waals surface area contributed by atoms with Crippen molar-refractivity contribution in [2.45, 2.75) is 13.8 Å². The van der Waals surface area contributed by atoms with Gasteiger partial charge in [-0.1, -0.05) is 12.1 Å². The van der Waals surface area contributed by atoms with Crippen LogP contribution in [0.2, 0.25) is 0 Å². The second kappa shape index (κ2) is 6.79. The molecule has 0 aromatic heterocycles. The fourth-order valence-electron chi connectivity index (χ4n) is 2.01. The Morgan fingerprint density at radius 2 is 1.95 bits per heavy atom. The van der Waals surface area contributed by atoms with Gasteiger partial charge in [0.25, 0.3) is 5.91 Å². The van der Waals surface area contributed by atoms with E-state index in [0.717, 1.165) is 11.3 Å². The van der Waals surface area contributed by atoms with Crippen molar-refractivity contribution in [3.63, 3.8) is 0 Å². The minimum absolute atomic E-state index is 0.179. The van der Waals surface area contributed by atoms with Crippen LogP contribution in [0.1, 0.15) is 22.8 Å². The zero-order chi connectivity index (χ0) is 15.2. The largest absolute Gasteiger partial charge is 0.493 e. The number of amides is 1. The van der Waals surface area contributed by atoms with Gasteiger partial charge in [0.2, 0.25) is 0 Å². The second-order valence-corrected chi connectivity index (χ2v) is 4.62. The monoisotopic (exact) mass is 285 g/mol. The molecule has 0 heterocycles. The third-order valence-corrected chi connectivity index (χ3v) is 3.00. The van der Waals surface area contributed by atoms with Crippen molar-refractivity contribution in [2.75, 3.05) is 19.0 Å². The summed E-state index contributed by atoms with van der Waals surface area (Å²) in [6.07, 6.45) is 0. The highest BCUT2D eigenvalue weighted by Crippen LogP contribution is 2.28. The van der Waals surface area contributed by atoms with Crippen LogP contribution in [0.15, 0.2) is 42.5 Å². The smallest absolute Gasteiger partial charge is 0.255 e. The third kappa shape index (κ3) is 3.75. The van der Waals surface area contributed by atoms with Crippen LogP contribution < -0.4 is 14.8 Å². The topological polar surface area (TPSA) is 47.6 Å². The van der Waals surface area contributed by atoms with E-state index < -0.39 is 0 Å². The maximum Gasteiger partial charge on any atom is 0.255 e. The van der Waals surface area contributed by atoms with Crippen LogP contribution in [0.3, 0.4) is 0 Å². The number of carbonyl (C=O) groups excluding carboxylic acids is 1. The fraction of sp³-hybridized carbons (Fsp3) is 0.235. The molecule has 0 radical (unpaired) electrons. The van der Waals surface area contributed by atoms with Gasteiger partial charge in [0.1, 0.15) is 0 Å². The van der Waals surface area contributed by atoms with Gasteiger partial charge in [-0.05, 0) is 49.7 Å². The SMILES string of the molecule is CCOc1ccc(C(=O)Nc2cccc(C)c2)cc1OC. The lowest BCUT2D eigenvalue weighted by Crippen LogP contribution is -2.12. The van der Waals surface area contributed by atoms with Crippen LogP contribution in [0.5, 0.6) is 11.5 Å². The van der Waals surface area contributed by atoms with Crippen molar-refractivity contribution in [1.29, 1.82) is 0 Å². The molecule has 0 aliphatic rings.